The van der Waals surface area contributed by atoms with Crippen LogP contribution in [0.15, 0.2) is 22.7 Å². The molecule has 1 aliphatic heterocycles. The van der Waals surface area contributed by atoms with Crippen LogP contribution in [0.4, 0.5) is 0 Å². The molecule has 1 aromatic rings. The van der Waals surface area contributed by atoms with Crippen LogP contribution in [-0.2, 0) is 6.42 Å². The van der Waals surface area contributed by atoms with Crippen molar-refractivity contribution in [1.29, 1.82) is 0 Å². The van der Waals surface area contributed by atoms with E-state index in [4.69, 9.17) is 4.74 Å². The molecule has 0 spiro atoms. The van der Waals surface area contributed by atoms with Gasteiger partial charge in [0.2, 0.25) is 0 Å². The molecule has 3 rings (SSSR count). The van der Waals surface area contributed by atoms with Crippen molar-refractivity contribution in [3.63, 3.8) is 0 Å². The van der Waals surface area contributed by atoms with E-state index in [1.54, 1.807) is 0 Å². The van der Waals surface area contributed by atoms with Crippen LogP contribution in [0.3, 0.4) is 0 Å². The van der Waals surface area contributed by atoms with E-state index in [-0.39, 0.29) is 30.9 Å². The molecule has 3 nitrogen and oxygen atoms in total. The van der Waals surface area contributed by atoms with Crippen molar-refractivity contribution in [2.75, 3.05) is 32.7 Å². The Bertz CT molecular complexity index is 656. The van der Waals surface area contributed by atoms with Crippen molar-refractivity contribution in [2.45, 2.75) is 91.2 Å². The van der Waals surface area contributed by atoms with Crippen molar-refractivity contribution in [3.8, 4) is 5.75 Å². The number of likely N-dealkylation sites (tertiary alicyclic amines) is 1. The summed E-state index contributed by atoms with van der Waals surface area (Å²) in [5.74, 6) is 2.76. The Morgan fingerprint density at radius 3 is 2.18 bits per heavy atom. The molecule has 1 saturated carbocycles. The second-order valence-corrected chi connectivity index (χ2v) is 10.9. The summed E-state index contributed by atoms with van der Waals surface area (Å²) in [6.07, 6.45) is 11.2. The minimum atomic E-state index is 0. The second kappa shape index (κ2) is 15.9. The molecule has 0 atom stereocenters. The van der Waals surface area contributed by atoms with Gasteiger partial charge < -0.3 is 14.5 Å². The monoisotopic (exact) mass is 564 g/mol. The quantitative estimate of drug-likeness (QED) is 0.290. The van der Waals surface area contributed by atoms with E-state index >= 15 is 0 Å². The van der Waals surface area contributed by atoms with E-state index in [1.165, 1.54) is 94.1 Å². The molecule has 1 aliphatic carbocycles. The van der Waals surface area contributed by atoms with E-state index in [0.717, 1.165) is 23.6 Å². The van der Waals surface area contributed by atoms with Gasteiger partial charge >= 0.3 is 0 Å². The minimum Gasteiger partial charge on any atom is -0.491 e. The lowest BCUT2D eigenvalue weighted by molar-refractivity contribution is 0.130. The first-order valence-corrected chi connectivity index (χ1v) is 13.7. The maximum absolute atomic E-state index is 5.91. The van der Waals surface area contributed by atoms with Crippen LogP contribution in [-0.4, -0.2) is 54.7 Å². The molecule has 0 amide bonds. The van der Waals surface area contributed by atoms with Crippen LogP contribution < -0.4 is 4.74 Å². The number of piperidine rings is 1. The molecule has 2 aliphatic rings. The van der Waals surface area contributed by atoms with Crippen molar-refractivity contribution in [1.82, 2.24) is 9.80 Å². The summed E-state index contributed by atoms with van der Waals surface area (Å²) < 4.78 is 7.13. The molecule has 1 heterocycles. The summed E-state index contributed by atoms with van der Waals surface area (Å²) in [4.78, 5) is 5.41. The van der Waals surface area contributed by atoms with Crippen LogP contribution in [0.1, 0.15) is 78.2 Å². The van der Waals surface area contributed by atoms with E-state index < -0.39 is 0 Å². The molecule has 0 N–H and O–H groups in total. The van der Waals surface area contributed by atoms with Crippen molar-refractivity contribution in [3.05, 3.63) is 28.2 Å². The molecule has 192 valence electrons. The summed E-state index contributed by atoms with van der Waals surface area (Å²) in [5.41, 5.74) is 1.40. The number of halogens is 3. The number of hydrogen-bond donors (Lipinski definition) is 0. The Morgan fingerprint density at radius 1 is 0.970 bits per heavy atom. The Kier molecular flexibility index (Phi) is 14.9. The van der Waals surface area contributed by atoms with Crippen molar-refractivity contribution >= 4 is 40.7 Å². The predicted octanol–water partition coefficient (Wildman–Crippen LogP) is 7.63. The number of hydrogen-bond acceptors (Lipinski definition) is 3. The first-order chi connectivity index (χ1) is 15.0. The van der Waals surface area contributed by atoms with Gasteiger partial charge in [0.05, 0.1) is 6.10 Å². The van der Waals surface area contributed by atoms with Crippen LogP contribution >= 0.6 is 40.7 Å². The topological polar surface area (TPSA) is 15.7 Å². The van der Waals surface area contributed by atoms with E-state index in [9.17, 15) is 0 Å². The molecule has 2 fully saturated rings. The molecule has 0 aromatic heterocycles. The normalized spacial score (nSPS) is 22.2. The number of benzene rings is 1. The number of rotatable bonds is 10. The predicted molar refractivity (Wildman–Crippen MR) is 151 cm³/mol. The standard InChI is InChI=1S/C27H45BrN2O.2ClH/c1-5-30(6-2)25-9-7-22(8-10-25)13-16-29-17-14-23(15-18-29)19-24-20-26(31-21(3)4)11-12-27(24)28;;/h11-12,20-23,25H,5-10,13-19H2,1-4H3;2*1H/t22-,25-;;. The maximum Gasteiger partial charge on any atom is 0.120 e. The van der Waals surface area contributed by atoms with Crippen LogP contribution in [0.2, 0.25) is 0 Å². The highest BCUT2D eigenvalue weighted by Gasteiger charge is 2.26. The molecule has 0 radical (unpaired) electrons. The number of nitrogens with zero attached hydrogens (tertiary/aromatic N) is 2. The van der Waals surface area contributed by atoms with Gasteiger partial charge in [0.1, 0.15) is 5.75 Å². The number of ether oxygens (including phenoxy) is 1. The largest absolute Gasteiger partial charge is 0.491 e. The molecular weight excluding hydrogens is 519 g/mol. The van der Waals surface area contributed by atoms with Crippen molar-refractivity contribution < 1.29 is 4.74 Å². The van der Waals surface area contributed by atoms with E-state index in [1.807, 2.05) is 0 Å². The molecule has 1 aromatic carbocycles. The van der Waals surface area contributed by atoms with Gasteiger partial charge in [0.15, 0.2) is 0 Å². The Labute approximate surface area is 224 Å². The highest BCUT2D eigenvalue weighted by atomic mass is 79.9. The van der Waals surface area contributed by atoms with Gasteiger partial charge in [-0.2, -0.15) is 0 Å². The zero-order valence-corrected chi connectivity index (χ0v) is 24.4. The highest BCUT2D eigenvalue weighted by molar-refractivity contribution is 9.10. The highest BCUT2D eigenvalue weighted by Crippen LogP contribution is 2.32. The Morgan fingerprint density at radius 2 is 1.61 bits per heavy atom. The first kappa shape index (κ1) is 31.0. The lowest BCUT2D eigenvalue weighted by Gasteiger charge is -2.37. The van der Waals surface area contributed by atoms with Gasteiger partial charge in [0.25, 0.3) is 0 Å². The summed E-state index contributed by atoms with van der Waals surface area (Å²) >= 11 is 3.76. The second-order valence-electron chi connectivity index (χ2n) is 10.1. The third-order valence-electron chi connectivity index (χ3n) is 7.60. The molecule has 6 heteroatoms. The van der Waals surface area contributed by atoms with Gasteiger partial charge in [-0.15, -0.1) is 24.8 Å². The third-order valence-corrected chi connectivity index (χ3v) is 8.38. The molecule has 0 unspecified atom stereocenters. The molecule has 1 saturated heterocycles. The summed E-state index contributed by atoms with van der Waals surface area (Å²) in [5, 5.41) is 0. The summed E-state index contributed by atoms with van der Waals surface area (Å²) in [7, 11) is 0. The minimum absolute atomic E-state index is 0. The smallest absolute Gasteiger partial charge is 0.120 e. The Hall–Kier alpha value is -0.000000000000000111. The van der Waals surface area contributed by atoms with Gasteiger partial charge in [-0.25, -0.2) is 0 Å². The van der Waals surface area contributed by atoms with Crippen LogP contribution in [0, 0.1) is 11.8 Å². The van der Waals surface area contributed by atoms with Crippen LogP contribution in [0.5, 0.6) is 5.75 Å². The first-order valence-electron chi connectivity index (χ1n) is 12.9. The SMILES string of the molecule is CCN(CC)[C@H]1CC[C@H](CCN2CCC(Cc3cc(OC(C)C)ccc3Br)CC2)CC1.Cl.Cl. The molecule has 33 heavy (non-hydrogen) atoms. The average molecular weight is 566 g/mol. The average Bonchev–Trinajstić information content (AvgIpc) is 2.77. The molecular formula is C27H47BrCl2N2O. The van der Waals surface area contributed by atoms with Gasteiger partial charge in [-0.1, -0.05) is 29.8 Å². The van der Waals surface area contributed by atoms with Gasteiger partial charge in [0, 0.05) is 10.5 Å². The fourth-order valence-corrected chi connectivity index (χ4v) is 6.09. The lowest BCUT2D eigenvalue weighted by Crippen LogP contribution is -2.39. The summed E-state index contributed by atoms with van der Waals surface area (Å²) in [6.45, 7) is 15.1. The van der Waals surface area contributed by atoms with E-state index in [2.05, 4.69) is 71.6 Å². The third kappa shape index (κ3) is 9.88. The zero-order chi connectivity index (χ0) is 22.2. The van der Waals surface area contributed by atoms with Crippen LogP contribution in [0.25, 0.3) is 0 Å². The molecule has 0 bridgehead atoms. The Balaban J connectivity index is 0.00000272. The summed E-state index contributed by atoms with van der Waals surface area (Å²) in [6, 6.07) is 7.32. The fourth-order valence-electron chi connectivity index (χ4n) is 5.68. The van der Waals surface area contributed by atoms with Gasteiger partial charge in [-0.3, -0.25) is 0 Å². The van der Waals surface area contributed by atoms with Crippen molar-refractivity contribution in [2.24, 2.45) is 11.8 Å². The lowest BCUT2D eigenvalue weighted by atomic mass is 9.83. The van der Waals surface area contributed by atoms with Gasteiger partial charge in [-0.05, 0) is 134 Å². The fraction of sp³-hybridized carbons (Fsp3) is 0.778. The maximum atomic E-state index is 5.91. The van der Waals surface area contributed by atoms with E-state index in [0.29, 0.717) is 0 Å². The zero-order valence-electron chi connectivity index (χ0n) is 21.2.